The average Bonchev–Trinajstić information content (AvgIpc) is 1.37. The molecule has 0 aliphatic heterocycles. The summed E-state index contributed by atoms with van der Waals surface area (Å²) in [5, 5.41) is 0. The molecular formula is C2H3O2Pd-. The molecule has 0 fully saturated rings. The molecule has 0 saturated carbocycles. The molecule has 0 unspecified atom stereocenters. The Morgan fingerprint density at radius 1 is 1.80 bits per heavy atom. The van der Waals surface area contributed by atoms with E-state index in [9.17, 15) is 0 Å². The minimum absolute atomic E-state index is 0. The molecular weight excluding hydrogens is 162 g/mol. The molecule has 0 aromatic heterocycles. The third-order valence-corrected chi connectivity index (χ3v) is 0.0833. The Hall–Kier alpha value is 0.132. The van der Waals surface area contributed by atoms with Crippen LogP contribution in [-0.4, -0.2) is 13.6 Å². The first-order valence-electron chi connectivity index (χ1n) is 0.816. The summed E-state index contributed by atoms with van der Waals surface area (Å²) in [4.78, 5) is 8.83. The maximum absolute atomic E-state index is 8.83. The largest absolute Gasteiger partial charge is 0.655 e. The van der Waals surface area contributed by atoms with Gasteiger partial charge in [-0.1, -0.05) is 6.47 Å². The van der Waals surface area contributed by atoms with Gasteiger partial charge in [0.1, 0.15) is 0 Å². The molecule has 0 spiro atoms. The predicted molar refractivity (Wildman–Crippen MR) is 12.7 cm³/mol. The number of ether oxygens (including phenoxy) is 1. The first-order valence-corrected chi connectivity index (χ1v) is 0.816. The average molecular weight is 165 g/mol. The van der Waals surface area contributed by atoms with Crippen molar-refractivity contribution >= 4 is 6.47 Å². The molecule has 0 radical (unpaired) electrons. The van der Waals surface area contributed by atoms with Crippen molar-refractivity contribution in [1.29, 1.82) is 0 Å². The van der Waals surface area contributed by atoms with Gasteiger partial charge in [-0.05, 0) is 0 Å². The number of methoxy groups -OCH3 is 1. The van der Waals surface area contributed by atoms with Crippen molar-refractivity contribution in [2.45, 2.75) is 0 Å². The molecule has 0 aliphatic carbocycles. The van der Waals surface area contributed by atoms with E-state index < -0.39 is 0 Å². The SMILES string of the molecule is CO[C-]=O.[Pd]. The van der Waals surface area contributed by atoms with Gasteiger partial charge in [-0.15, -0.1) is 0 Å². The monoisotopic (exact) mass is 165 g/mol. The normalized spacial score (nSPS) is 4.20. The molecule has 0 rings (SSSR count). The fraction of sp³-hybridized carbons (Fsp3) is 0.500. The summed E-state index contributed by atoms with van der Waals surface area (Å²) in [7, 11) is 1.26. The quantitative estimate of drug-likeness (QED) is 0.394. The molecule has 0 bridgehead atoms. The van der Waals surface area contributed by atoms with Crippen molar-refractivity contribution in [2.24, 2.45) is 0 Å². The van der Waals surface area contributed by atoms with Gasteiger partial charge in [0.05, 0.1) is 0 Å². The molecule has 0 amide bonds. The van der Waals surface area contributed by atoms with Crippen molar-refractivity contribution in [3.63, 3.8) is 0 Å². The zero-order valence-corrected chi connectivity index (χ0v) is 4.19. The van der Waals surface area contributed by atoms with Crippen molar-refractivity contribution in [2.75, 3.05) is 7.11 Å². The topological polar surface area (TPSA) is 26.3 Å². The summed E-state index contributed by atoms with van der Waals surface area (Å²) in [5.41, 5.74) is 0. The summed E-state index contributed by atoms with van der Waals surface area (Å²) in [6.07, 6.45) is 0. The molecule has 0 aromatic carbocycles. The maximum atomic E-state index is 8.83. The van der Waals surface area contributed by atoms with Crippen molar-refractivity contribution in [3.05, 3.63) is 0 Å². The van der Waals surface area contributed by atoms with Crippen molar-refractivity contribution < 1.29 is 30.0 Å². The zero-order chi connectivity index (χ0) is 3.41. The van der Waals surface area contributed by atoms with Gasteiger partial charge in [0, 0.05) is 27.5 Å². The Kier molecular flexibility index (Phi) is 15.9. The minimum Gasteiger partial charge on any atom is -0.655 e. The molecule has 0 aromatic rings. The van der Waals surface area contributed by atoms with Gasteiger partial charge >= 0.3 is 0 Å². The first-order chi connectivity index (χ1) is 1.91. The Labute approximate surface area is 44.2 Å². The van der Waals surface area contributed by atoms with Gasteiger partial charge in [-0.2, -0.15) is 0 Å². The second-order valence-electron chi connectivity index (χ2n) is 0.287. The summed E-state index contributed by atoms with van der Waals surface area (Å²) in [5.74, 6) is 0. The van der Waals surface area contributed by atoms with Crippen LogP contribution in [0.4, 0.5) is 0 Å². The van der Waals surface area contributed by atoms with Crippen LogP contribution in [0, 0.1) is 0 Å². The van der Waals surface area contributed by atoms with Crippen LogP contribution in [0.15, 0.2) is 0 Å². The summed E-state index contributed by atoms with van der Waals surface area (Å²) >= 11 is 0. The number of hydrogen-bond acceptors (Lipinski definition) is 2. The van der Waals surface area contributed by atoms with E-state index in [-0.39, 0.29) is 20.4 Å². The van der Waals surface area contributed by atoms with E-state index in [1.54, 1.807) is 0 Å². The van der Waals surface area contributed by atoms with E-state index in [1.165, 1.54) is 13.6 Å². The maximum Gasteiger partial charge on any atom is 0.0362 e. The van der Waals surface area contributed by atoms with E-state index in [2.05, 4.69) is 4.74 Å². The van der Waals surface area contributed by atoms with E-state index in [4.69, 9.17) is 4.79 Å². The zero-order valence-electron chi connectivity index (χ0n) is 2.63. The molecule has 34 valence electrons. The van der Waals surface area contributed by atoms with Gasteiger partial charge in [-0.25, -0.2) is 0 Å². The Morgan fingerprint density at radius 3 is 2.00 bits per heavy atom. The standard InChI is InChI=1S/C2H3O2.Pd/c1-4-2-3;/h1H3;/q-1;. The first kappa shape index (κ1) is 8.93. The van der Waals surface area contributed by atoms with Crippen LogP contribution in [0.2, 0.25) is 0 Å². The van der Waals surface area contributed by atoms with E-state index in [0.717, 1.165) is 0 Å². The molecule has 2 nitrogen and oxygen atoms in total. The molecule has 0 aliphatic rings. The third-order valence-electron chi connectivity index (χ3n) is 0.0833. The van der Waals surface area contributed by atoms with Crippen LogP contribution < -0.4 is 0 Å². The van der Waals surface area contributed by atoms with Gasteiger partial charge in [-0.3, -0.25) is 0 Å². The predicted octanol–water partition coefficient (Wildman–Crippen LogP) is -0.302. The van der Waals surface area contributed by atoms with E-state index in [1.807, 2.05) is 0 Å². The number of hydrogen-bond donors (Lipinski definition) is 0. The molecule has 0 heterocycles. The summed E-state index contributed by atoms with van der Waals surface area (Å²) < 4.78 is 3.74. The summed E-state index contributed by atoms with van der Waals surface area (Å²) in [6.45, 7) is 1.18. The molecule has 0 N–H and O–H groups in total. The van der Waals surface area contributed by atoms with Crippen LogP contribution in [0.3, 0.4) is 0 Å². The Bertz CT molecular complexity index is 21.6. The second-order valence-corrected chi connectivity index (χ2v) is 0.287. The van der Waals surface area contributed by atoms with Gasteiger partial charge < -0.3 is 9.53 Å². The van der Waals surface area contributed by atoms with Crippen molar-refractivity contribution in [3.8, 4) is 0 Å². The van der Waals surface area contributed by atoms with E-state index in [0.29, 0.717) is 0 Å². The van der Waals surface area contributed by atoms with Crippen LogP contribution >= 0.6 is 0 Å². The molecule has 0 saturated heterocycles. The summed E-state index contributed by atoms with van der Waals surface area (Å²) in [6, 6.07) is 0. The molecule has 3 heteroatoms. The fourth-order valence-electron chi connectivity index (χ4n) is 0. The Morgan fingerprint density at radius 2 is 2.00 bits per heavy atom. The van der Waals surface area contributed by atoms with Gasteiger partial charge in [0.15, 0.2) is 0 Å². The second kappa shape index (κ2) is 8.92. The Balaban J connectivity index is 0. The van der Waals surface area contributed by atoms with Crippen LogP contribution in [0.25, 0.3) is 0 Å². The molecule has 0 atom stereocenters. The van der Waals surface area contributed by atoms with E-state index >= 15 is 0 Å². The third kappa shape index (κ3) is 14.7. The fourth-order valence-corrected chi connectivity index (χ4v) is 0. The van der Waals surface area contributed by atoms with Crippen LogP contribution in [0.1, 0.15) is 0 Å². The van der Waals surface area contributed by atoms with Crippen LogP contribution in [0.5, 0.6) is 0 Å². The minimum atomic E-state index is 0. The number of carbonyl (C=O) groups excluding carboxylic acids is 1. The number of rotatable bonds is 1. The smallest absolute Gasteiger partial charge is 0.0362 e. The van der Waals surface area contributed by atoms with Gasteiger partial charge in [0.2, 0.25) is 0 Å². The van der Waals surface area contributed by atoms with Gasteiger partial charge in [0.25, 0.3) is 0 Å². The molecule has 5 heavy (non-hydrogen) atoms. The van der Waals surface area contributed by atoms with Crippen LogP contribution in [-0.2, 0) is 30.0 Å². The van der Waals surface area contributed by atoms with Crippen molar-refractivity contribution in [1.82, 2.24) is 0 Å².